The van der Waals surface area contributed by atoms with Gasteiger partial charge in [0.1, 0.15) is 0 Å². The predicted octanol–water partition coefficient (Wildman–Crippen LogP) is 3.79. The zero-order valence-electron chi connectivity index (χ0n) is 12.6. The van der Waals surface area contributed by atoms with Crippen molar-refractivity contribution >= 4 is 28.2 Å². The number of benzene rings is 1. The summed E-state index contributed by atoms with van der Waals surface area (Å²) < 4.78 is 5.36. The number of allylic oxidation sites excluding steroid dienone is 1. The molecular formula is C18H19NO2S. The van der Waals surface area contributed by atoms with Gasteiger partial charge in [-0.15, -0.1) is 11.3 Å². The second-order valence-corrected chi connectivity index (χ2v) is 6.41. The van der Waals surface area contributed by atoms with Crippen LogP contribution in [0.3, 0.4) is 0 Å². The highest BCUT2D eigenvalue weighted by Gasteiger charge is 2.14. The largest absolute Gasteiger partial charge is 0.378 e. The third-order valence-corrected chi connectivity index (χ3v) is 4.82. The number of morpholine rings is 1. The molecule has 1 fully saturated rings. The SMILES string of the molecule is Cc1ccc(/C=C/C(=O)c2ccc(N3CCOCC3)s2)cc1. The molecule has 0 aliphatic carbocycles. The van der Waals surface area contributed by atoms with Crippen LogP contribution in [0.1, 0.15) is 20.8 Å². The molecule has 1 saturated heterocycles. The van der Waals surface area contributed by atoms with Gasteiger partial charge in [0.2, 0.25) is 0 Å². The number of anilines is 1. The van der Waals surface area contributed by atoms with E-state index in [2.05, 4.69) is 11.8 Å². The highest BCUT2D eigenvalue weighted by Crippen LogP contribution is 2.27. The summed E-state index contributed by atoms with van der Waals surface area (Å²) in [7, 11) is 0. The van der Waals surface area contributed by atoms with Crippen molar-refractivity contribution in [2.24, 2.45) is 0 Å². The fourth-order valence-corrected chi connectivity index (χ4v) is 3.32. The summed E-state index contributed by atoms with van der Waals surface area (Å²) >= 11 is 1.55. The summed E-state index contributed by atoms with van der Waals surface area (Å²) in [6.45, 7) is 5.36. The highest BCUT2D eigenvalue weighted by atomic mass is 32.1. The van der Waals surface area contributed by atoms with Crippen LogP contribution in [0, 0.1) is 6.92 Å². The average Bonchev–Trinajstić information content (AvgIpc) is 3.05. The van der Waals surface area contributed by atoms with Gasteiger partial charge in [0.05, 0.1) is 23.1 Å². The molecule has 2 aromatic rings. The Morgan fingerprint density at radius 1 is 1.14 bits per heavy atom. The van der Waals surface area contributed by atoms with Gasteiger partial charge in [-0.05, 0) is 30.7 Å². The van der Waals surface area contributed by atoms with Crippen molar-refractivity contribution < 1.29 is 9.53 Å². The van der Waals surface area contributed by atoms with Gasteiger partial charge in [0, 0.05) is 13.1 Å². The lowest BCUT2D eigenvalue weighted by molar-refractivity contribution is 0.105. The van der Waals surface area contributed by atoms with Crippen LogP contribution in [0.15, 0.2) is 42.5 Å². The smallest absolute Gasteiger partial charge is 0.195 e. The van der Waals surface area contributed by atoms with Crippen molar-refractivity contribution in [3.8, 4) is 0 Å². The molecule has 0 radical (unpaired) electrons. The Balaban J connectivity index is 1.67. The predicted molar refractivity (Wildman–Crippen MR) is 91.9 cm³/mol. The first-order valence-corrected chi connectivity index (χ1v) is 8.26. The van der Waals surface area contributed by atoms with E-state index < -0.39 is 0 Å². The van der Waals surface area contributed by atoms with E-state index in [1.54, 1.807) is 17.4 Å². The van der Waals surface area contributed by atoms with Crippen molar-refractivity contribution in [3.63, 3.8) is 0 Å². The number of carbonyl (C=O) groups is 1. The summed E-state index contributed by atoms with van der Waals surface area (Å²) in [6, 6.07) is 12.1. The number of aryl methyl sites for hydroxylation is 1. The van der Waals surface area contributed by atoms with E-state index in [9.17, 15) is 4.79 Å². The number of hydrogen-bond acceptors (Lipinski definition) is 4. The maximum Gasteiger partial charge on any atom is 0.195 e. The van der Waals surface area contributed by atoms with Crippen molar-refractivity contribution in [2.45, 2.75) is 6.92 Å². The molecule has 22 heavy (non-hydrogen) atoms. The third-order valence-electron chi connectivity index (χ3n) is 3.66. The second kappa shape index (κ2) is 6.90. The molecule has 3 nitrogen and oxygen atoms in total. The minimum Gasteiger partial charge on any atom is -0.378 e. The Hall–Kier alpha value is -1.91. The molecule has 4 heteroatoms. The summed E-state index contributed by atoms with van der Waals surface area (Å²) in [5.41, 5.74) is 2.26. The van der Waals surface area contributed by atoms with E-state index in [0.717, 1.165) is 41.7 Å². The fourth-order valence-electron chi connectivity index (χ4n) is 2.35. The number of hydrogen-bond donors (Lipinski definition) is 0. The van der Waals surface area contributed by atoms with Gasteiger partial charge in [0.15, 0.2) is 5.78 Å². The molecule has 0 amide bonds. The molecule has 1 aromatic carbocycles. The standard InChI is InChI=1S/C18H19NO2S/c1-14-2-4-15(5-3-14)6-7-16(20)17-8-9-18(22-17)19-10-12-21-13-11-19/h2-9H,10-13H2,1H3/b7-6+. The summed E-state index contributed by atoms with van der Waals surface area (Å²) in [6.07, 6.45) is 3.52. The molecule has 0 bridgehead atoms. The van der Waals surface area contributed by atoms with E-state index in [0.29, 0.717) is 0 Å². The van der Waals surface area contributed by atoms with Crippen LogP contribution >= 0.6 is 11.3 Å². The molecule has 2 heterocycles. The zero-order valence-corrected chi connectivity index (χ0v) is 13.4. The van der Waals surface area contributed by atoms with Crippen LogP contribution in [0.2, 0.25) is 0 Å². The minimum atomic E-state index is 0.0603. The van der Waals surface area contributed by atoms with E-state index in [1.165, 1.54) is 5.56 Å². The van der Waals surface area contributed by atoms with Gasteiger partial charge in [-0.1, -0.05) is 35.9 Å². The van der Waals surface area contributed by atoms with Gasteiger partial charge < -0.3 is 9.64 Å². The topological polar surface area (TPSA) is 29.5 Å². The van der Waals surface area contributed by atoms with Crippen LogP contribution in [-0.4, -0.2) is 32.1 Å². The Kier molecular flexibility index (Phi) is 4.71. The van der Waals surface area contributed by atoms with Crippen LogP contribution < -0.4 is 4.90 Å². The Morgan fingerprint density at radius 2 is 1.86 bits per heavy atom. The molecule has 3 rings (SSSR count). The van der Waals surface area contributed by atoms with Gasteiger partial charge in [-0.3, -0.25) is 4.79 Å². The molecule has 0 N–H and O–H groups in total. The lowest BCUT2D eigenvalue weighted by Crippen LogP contribution is -2.35. The molecule has 0 atom stereocenters. The second-order valence-electron chi connectivity index (χ2n) is 5.35. The van der Waals surface area contributed by atoms with E-state index in [1.807, 2.05) is 42.5 Å². The van der Waals surface area contributed by atoms with Crippen LogP contribution in [0.25, 0.3) is 6.08 Å². The number of ether oxygens (including phenoxy) is 1. The highest BCUT2D eigenvalue weighted by molar-refractivity contribution is 7.18. The minimum absolute atomic E-state index is 0.0603. The number of rotatable bonds is 4. The zero-order chi connectivity index (χ0) is 15.4. The van der Waals surface area contributed by atoms with Gasteiger partial charge in [0.25, 0.3) is 0 Å². The lowest BCUT2D eigenvalue weighted by atomic mass is 10.1. The van der Waals surface area contributed by atoms with Crippen LogP contribution in [0.5, 0.6) is 0 Å². The maximum absolute atomic E-state index is 12.3. The fraction of sp³-hybridized carbons (Fsp3) is 0.278. The molecular weight excluding hydrogens is 294 g/mol. The Bertz CT molecular complexity index is 667. The van der Waals surface area contributed by atoms with Crippen LogP contribution in [-0.2, 0) is 4.74 Å². The number of thiophene rings is 1. The normalized spacial score (nSPS) is 15.4. The molecule has 0 unspecified atom stereocenters. The quantitative estimate of drug-likeness (QED) is 0.635. The molecule has 114 valence electrons. The maximum atomic E-state index is 12.3. The van der Waals surface area contributed by atoms with Crippen molar-refractivity contribution in [3.05, 3.63) is 58.5 Å². The van der Waals surface area contributed by atoms with Gasteiger partial charge in [-0.25, -0.2) is 0 Å². The number of carbonyl (C=O) groups excluding carboxylic acids is 1. The van der Waals surface area contributed by atoms with E-state index in [-0.39, 0.29) is 5.78 Å². The number of nitrogens with zero attached hydrogens (tertiary/aromatic N) is 1. The molecule has 0 spiro atoms. The summed E-state index contributed by atoms with van der Waals surface area (Å²) in [5.74, 6) is 0.0603. The van der Waals surface area contributed by atoms with E-state index >= 15 is 0 Å². The van der Waals surface area contributed by atoms with Gasteiger partial charge >= 0.3 is 0 Å². The van der Waals surface area contributed by atoms with Crippen molar-refractivity contribution in [1.82, 2.24) is 0 Å². The first-order chi connectivity index (χ1) is 10.7. The summed E-state index contributed by atoms with van der Waals surface area (Å²) in [4.78, 5) is 15.3. The molecule has 1 aliphatic rings. The Labute approximate surface area is 134 Å². The van der Waals surface area contributed by atoms with E-state index in [4.69, 9.17) is 4.74 Å². The monoisotopic (exact) mass is 313 g/mol. The third kappa shape index (κ3) is 3.64. The molecule has 0 saturated carbocycles. The summed E-state index contributed by atoms with van der Waals surface area (Å²) in [5, 5.41) is 1.15. The Morgan fingerprint density at radius 3 is 2.59 bits per heavy atom. The van der Waals surface area contributed by atoms with Gasteiger partial charge in [-0.2, -0.15) is 0 Å². The van der Waals surface area contributed by atoms with Crippen LogP contribution in [0.4, 0.5) is 5.00 Å². The average molecular weight is 313 g/mol. The molecule has 1 aromatic heterocycles. The lowest BCUT2D eigenvalue weighted by Gasteiger charge is -2.27. The molecule has 1 aliphatic heterocycles. The first kappa shape index (κ1) is 15.0. The first-order valence-electron chi connectivity index (χ1n) is 7.44. The number of ketones is 1. The van der Waals surface area contributed by atoms with Crippen molar-refractivity contribution in [1.29, 1.82) is 0 Å². The van der Waals surface area contributed by atoms with Crippen molar-refractivity contribution in [2.75, 3.05) is 31.2 Å².